The first-order valence-electron chi connectivity index (χ1n) is 6.89. The summed E-state index contributed by atoms with van der Waals surface area (Å²) in [6.07, 6.45) is 0. The summed E-state index contributed by atoms with van der Waals surface area (Å²) < 4.78 is 9.86. The predicted octanol–water partition coefficient (Wildman–Crippen LogP) is 0.593. The molecule has 2 N–H and O–H groups in total. The zero-order chi connectivity index (χ0) is 16.7. The summed E-state index contributed by atoms with van der Waals surface area (Å²) in [7, 11) is 0. The van der Waals surface area contributed by atoms with Crippen LogP contribution in [0.2, 0.25) is 0 Å². The highest BCUT2D eigenvalue weighted by Crippen LogP contribution is 2.39. The van der Waals surface area contributed by atoms with Crippen LogP contribution in [0.15, 0.2) is 11.3 Å². The van der Waals surface area contributed by atoms with Crippen molar-refractivity contribution < 1.29 is 23.9 Å². The zero-order valence-electron chi connectivity index (χ0n) is 13.0. The van der Waals surface area contributed by atoms with Crippen molar-refractivity contribution in [2.24, 2.45) is 11.1 Å². The van der Waals surface area contributed by atoms with Gasteiger partial charge in [-0.15, -0.1) is 11.8 Å². The van der Waals surface area contributed by atoms with E-state index in [9.17, 15) is 14.4 Å². The molecule has 1 fully saturated rings. The van der Waals surface area contributed by atoms with Gasteiger partial charge in [0.15, 0.2) is 0 Å². The number of thioether (sulfide) groups is 1. The van der Waals surface area contributed by atoms with E-state index in [0.29, 0.717) is 5.75 Å². The molecular formula is C14H20N2O5S. The standard InChI is InChI=1S/C14H20N2O5S/c1-7-5-22-11-8(15)10(17)16(11)9(7)12(18)20-6-21-13(19)14(2,3)4/h8,11H,5-6,15H2,1-4H3/t8-,11+/m0/s1. The number of esters is 2. The molecule has 0 unspecified atom stereocenters. The second kappa shape index (κ2) is 5.92. The minimum Gasteiger partial charge on any atom is -0.427 e. The van der Waals surface area contributed by atoms with Crippen molar-refractivity contribution in [3.05, 3.63) is 11.3 Å². The summed E-state index contributed by atoms with van der Waals surface area (Å²) in [5.74, 6) is -0.834. The fourth-order valence-electron chi connectivity index (χ4n) is 2.08. The number of carbonyl (C=O) groups excluding carboxylic acids is 3. The van der Waals surface area contributed by atoms with E-state index in [1.807, 2.05) is 0 Å². The number of carbonyl (C=O) groups is 3. The van der Waals surface area contributed by atoms with E-state index >= 15 is 0 Å². The molecule has 0 aromatic carbocycles. The summed E-state index contributed by atoms with van der Waals surface area (Å²) in [6, 6.07) is -0.584. The van der Waals surface area contributed by atoms with Gasteiger partial charge in [-0.1, -0.05) is 0 Å². The Hall–Kier alpha value is -1.54. The molecule has 22 heavy (non-hydrogen) atoms. The van der Waals surface area contributed by atoms with Crippen LogP contribution in [-0.2, 0) is 23.9 Å². The Morgan fingerprint density at radius 1 is 1.36 bits per heavy atom. The molecule has 2 aliphatic heterocycles. The van der Waals surface area contributed by atoms with E-state index in [2.05, 4.69) is 0 Å². The van der Waals surface area contributed by atoms with E-state index in [1.54, 1.807) is 27.7 Å². The quantitative estimate of drug-likeness (QED) is 0.460. The highest BCUT2D eigenvalue weighted by Gasteiger charge is 2.51. The Morgan fingerprint density at radius 2 is 2.00 bits per heavy atom. The molecule has 0 aromatic rings. The van der Waals surface area contributed by atoms with E-state index in [-0.39, 0.29) is 17.0 Å². The van der Waals surface area contributed by atoms with E-state index in [4.69, 9.17) is 15.2 Å². The molecule has 2 atom stereocenters. The van der Waals surface area contributed by atoms with Crippen molar-refractivity contribution in [1.29, 1.82) is 0 Å². The monoisotopic (exact) mass is 328 g/mol. The number of ether oxygens (including phenoxy) is 2. The minimum atomic E-state index is -0.676. The maximum absolute atomic E-state index is 12.2. The van der Waals surface area contributed by atoms with Crippen LogP contribution >= 0.6 is 11.8 Å². The van der Waals surface area contributed by atoms with E-state index in [0.717, 1.165) is 5.57 Å². The lowest BCUT2D eigenvalue weighted by atomic mass is 9.98. The van der Waals surface area contributed by atoms with Gasteiger partial charge in [-0.3, -0.25) is 14.5 Å². The molecular weight excluding hydrogens is 308 g/mol. The molecule has 8 heteroatoms. The smallest absolute Gasteiger partial charge is 0.357 e. The maximum atomic E-state index is 12.2. The number of amides is 1. The summed E-state index contributed by atoms with van der Waals surface area (Å²) in [5.41, 5.74) is 6.00. The molecule has 0 radical (unpaired) electrons. The van der Waals surface area contributed by atoms with E-state index < -0.39 is 30.2 Å². The van der Waals surface area contributed by atoms with Gasteiger partial charge in [-0.2, -0.15) is 0 Å². The number of nitrogens with two attached hydrogens (primary N) is 1. The molecule has 122 valence electrons. The van der Waals surface area contributed by atoms with Gasteiger partial charge < -0.3 is 15.2 Å². The van der Waals surface area contributed by atoms with Gasteiger partial charge in [-0.05, 0) is 33.3 Å². The molecule has 2 rings (SSSR count). The highest BCUT2D eigenvalue weighted by atomic mass is 32.2. The Kier molecular flexibility index (Phi) is 4.53. The van der Waals surface area contributed by atoms with Crippen LogP contribution in [0.1, 0.15) is 27.7 Å². The van der Waals surface area contributed by atoms with Crippen LogP contribution in [0.4, 0.5) is 0 Å². The third-order valence-electron chi connectivity index (χ3n) is 3.39. The van der Waals surface area contributed by atoms with Crippen molar-refractivity contribution >= 4 is 29.6 Å². The van der Waals surface area contributed by atoms with Crippen LogP contribution in [0.25, 0.3) is 0 Å². The number of hydrogen-bond acceptors (Lipinski definition) is 7. The van der Waals surface area contributed by atoms with E-state index in [1.165, 1.54) is 16.7 Å². The molecule has 0 saturated carbocycles. The Morgan fingerprint density at radius 3 is 2.59 bits per heavy atom. The lowest BCUT2D eigenvalue weighted by Gasteiger charge is -2.47. The van der Waals surface area contributed by atoms with Crippen molar-refractivity contribution in [2.45, 2.75) is 39.1 Å². The van der Waals surface area contributed by atoms with Crippen molar-refractivity contribution in [1.82, 2.24) is 4.90 Å². The lowest BCUT2D eigenvalue weighted by Crippen LogP contribution is -2.68. The van der Waals surface area contributed by atoms with Gasteiger partial charge in [0, 0.05) is 5.75 Å². The van der Waals surface area contributed by atoms with Crippen LogP contribution in [0, 0.1) is 5.41 Å². The van der Waals surface area contributed by atoms with Crippen molar-refractivity contribution in [3.63, 3.8) is 0 Å². The first kappa shape index (κ1) is 16.8. The number of rotatable bonds is 3. The number of hydrogen-bond donors (Lipinski definition) is 1. The maximum Gasteiger partial charge on any atom is 0.357 e. The Balaban J connectivity index is 1.97. The third kappa shape index (κ3) is 2.98. The SMILES string of the molecule is CC1=C(C(=O)OCOC(=O)C(C)(C)C)N2C(=O)[C@H](N)[C@H]2SC1. The fraction of sp³-hybridized carbons (Fsp3) is 0.643. The third-order valence-corrected chi connectivity index (χ3v) is 4.83. The number of β-lactam (4-membered cyclic amide) rings is 1. The average molecular weight is 328 g/mol. The van der Waals surface area contributed by atoms with Crippen LogP contribution in [0.5, 0.6) is 0 Å². The van der Waals surface area contributed by atoms with Gasteiger partial charge in [0.05, 0.1) is 5.41 Å². The van der Waals surface area contributed by atoms with Gasteiger partial charge in [0.25, 0.3) is 0 Å². The zero-order valence-corrected chi connectivity index (χ0v) is 13.9. The average Bonchev–Trinajstić information content (AvgIpc) is 2.44. The molecule has 1 saturated heterocycles. The van der Waals surface area contributed by atoms with Gasteiger partial charge in [0.2, 0.25) is 12.7 Å². The van der Waals surface area contributed by atoms with Crippen LogP contribution in [0.3, 0.4) is 0 Å². The molecule has 0 aliphatic carbocycles. The topological polar surface area (TPSA) is 98.9 Å². The second-order valence-corrected chi connectivity index (χ2v) is 7.40. The van der Waals surface area contributed by atoms with Crippen LogP contribution in [-0.4, -0.2) is 46.7 Å². The van der Waals surface area contributed by atoms with Crippen LogP contribution < -0.4 is 5.73 Å². The minimum absolute atomic E-state index is 0.210. The van der Waals surface area contributed by atoms with Crippen molar-refractivity contribution in [2.75, 3.05) is 12.5 Å². The first-order chi connectivity index (χ1) is 10.1. The second-order valence-electron chi connectivity index (χ2n) is 6.30. The predicted molar refractivity (Wildman–Crippen MR) is 80.3 cm³/mol. The summed E-state index contributed by atoms with van der Waals surface area (Å²) in [6.45, 7) is 6.39. The Labute approximate surface area is 133 Å². The molecule has 0 bridgehead atoms. The number of fused-ring (bicyclic) bond motifs is 1. The largest absolute Gasteiger partial charge is 0.427 e. The fourth-order valence-corrected chi connectivity index (χ4v) is 3.32. The molecule has 7 nitrogen and oxygen atoms in total. The Bertz CT molecular complexity index is 552. The first-order valence-corrected chi connectivity index (χ1v) is 7.94. The normalized spacial score (nSPS) is 24.6. The molecule has 0 spiro atoms. The molecule has 1 amide bonds. The highest BCUT2D eigenvalue weighted by molar-refractivity contribution is 8.00. The van der Waals surface area contributed by atoms with Gasteiger partial charge in [-0.25, -0.2) is 4.79 Å². The number of nitrogens with zero attached hydrogens (tertiary/aromatic N) is 1. The summed E-state index contributed by atoms with van der Waals surface area (Å²) >= 11 is 1.52. The summed E-state index contributed by atoms with van der Waals surface area (Å²) in [5, 5.41) is -0.226. The van der Waals surface area contributed by atoms with Gasteiger partial charge in [0.1, 0.15) is 17.1 Å². The van der Waals surface area contributed by atoms with Crippen molar-refractivity contribution in [3.8, 4) is 0 Å². The molecule has 2 heterocycles. The molecule has 0 aromatic heterocycles. The van der Waals surface area contributed by atoms with Gasteiger partial charge >= 0.3 is 11.9 Å². The lowest BCUT2D eigenvalue weighted by molar-refractivity contribution is -0.173. The molecule has 2 aliphatic rings. The summed E-state index contributed by atoms with van der Waals surface area (Å²) in [4.78, 5) is 37.0.